The van der Waals surface area contributed by atoms with E-state index >= 15 is 0 Å². The number of amides is 1. The fourth-order valence-electron chi connectivity index (χ4n) is 2.55. The summed E-state index contributed by atoms with van der Waals surface area (Å²) in [4.78, 5) is 14.5. The fourth-order valence-corrected chi connectivity index (χ4v) is 3.00. The zero-order valence-electron chi connectivity index (χ0n) is 11.7. The molecule has 1 aliphatic heterocycles. The summed E-state index contributed by atoms with van der Waals surface area (Å²) in [5.41, 5.74) is 0.618. The minimum absolute atomic E-state index is 0.00713. The first-order valence-electron chi connectivity index (χ1n) is 7.05. The van der Waals surface area contributed by atoms with Gasteiger partial charge in [-0.1, -0.05) is 29.6 Å². The van der Waals surface area contributed by atoms with Crippen molar-refractivity contribution in [2.45, 2.75) is 38.6 Å². The van der Waals surface area contributed by atoms with Crippen LogP contribution >= 0.6 is 23.2 Å². The van der Waals surface area contributed by atoms with Gasteiger partial charge < -0.3 is 10.2 Å². The summed E-state index contributed by atoms with van der Waals surface area (Å²) >= 11 is 11.9. The molecule has 1 saturated heterocycles. The van der Waals surface area contributed by atoms with Crippen molar-refractivity contribution in [3.05, 3.63) is 28.2 Å². The number of hydrogen-bond donors (Lipinski definition) is 1. The molecule has 1 fully saturated rings. The summed E-state index contributed by atoms with van der Waals surface area (Å²) in [6, 6.07) is 5.35. The molecule has 0 radical (unpaired) electrons. The Morgan fingerprint density at radius 2 is 2.00 bits per heavy atom. The average Bonchev–Trinajstić information content (AvgIpc) is 2.43. The number of anilines is 1. The molecule has 0 aliphatic carbocycles. The Kier molecular flexibility index (Phi) is 5.70. The number of likely N-dealkylation sites (tertiary alicyclic amines) is 1. The first-order valence-corrected chi connectivity index (χ1v) is 7.81. The van der Waals surface area contributed by atoms with Gasteiger partial charge in [-0.2, -0.15) is 0 Å². The zero-order chi connectivity index (χ0) is 14.5. The minimum Gasteiger partial charge on any atom is -0.325 e. The molecule has 2 rings (SSSR count). The van der Waals surface area contributed by atoms with Crippen molar-refractivity contribution < 1.29 is 4.79 Å². The van der Waals surface area contributed by atoms with Gasteiger partial charge in [-0.25, -0.2) is 0 Å². The van der Waals surface area contributed by atoms with Crippen LogP contribution in [0.2, 0.25) is 10.0 Å². The molecule has 5 heteroatoms. The average molecular weight is 315 g/mol. The number of benzene rings is 1. The van der Waals surface area contributed by atoms with Gasteiger partial charge in [0.1, 0.15) is 0 Å². The van der Waals surface area contributed by atoms with E-state index in [0.29, 0.717) is 22.2 Å². The smallest absolute Gasteiger partial charge is 0.225 e. The monoisotopic (exact) mass is 314 g/mol. The third-order valence-corrected chi connectivity index (χ3v) is 4.25. The third-order valence-electron chi connectivity index (χ3n) is 3.70. The van der Waals surface area contributed by atoms with E-state index in [9.17, 15) is 4.79 Å². The van der Waals surface area contributed by atoms with Crippen LogP contribution in [0.25, 0.3) is 0 Å². The highest BCUT2D eigenvalue weighted by Gasteiger charge is 2.19. The van der Waals surface area contributed by atoms with Crippen LogP contribution in [0.15, 0.2) is 18.2 Å². The van der Waals surface area contributed by atoms with Gasteiger partial charge in [0.15, 0.2) is 0 Å². The summed E-state index contributed by atoms with van der Waals surface area (Å²) in [5.74, 6) is -0.00713. The Balaban J connectivity index is 1.88. The second-order valence-corrected chi connectivity index (χ2v) is 6.17. The molecule has 0 bridgehead atoms. The summed E-state index contributed by atoms with van der Waals surface area (Å²) in [6.07, 6.45) is 4.25. The van der Waals surface area contributed by atoms with Crippen LogP contribution in [0.3, 0.4) is 0 Å². The molecule has 1 amide bonds. The normalized spacial score (nSPS) is 17.8. The molecule has 1 N–H and O–H groups in total. The van der Waals surface area contributed by atoms with Crippen LogP contribution in [-0.2, 0) is 4.79 Å². The van der Waals surface area contributed by atoms with Crippen molar-refractivity contribution in [2.75, 3.05) is 18.4 Å². The lowest BCUT2D eigenvalue weighted by molar-refractivity contribution is -0.117. The van der Waals surface area contributed by atoms with Crippen molar-refractivity contribution >= 4 is 34.8 Å². The Bertz CT molecular complexity index is 473. The van der Waals surface area contributed by atoms with Crippen molar-refractivity contribution in [3.63, 3.8) is 0 Å². The molecule has 0 aromatic heterocycles. The van der Waals surface area contributed by atoms with Gasteiger partial charge in [0.05, 0.1) is 10.7 Å². The van der Waals surface area contributed by atoms with Crippen LogP contribution in [0.5, 0.6) is 0 Å². The maximum absolute atomic E-state index is 12.1. The molecule has 1 aromatic rings. The van der Waals surface area contributed by atoms with Crippen LogP contribution < -0.4 is 5.32 Å². The predicted molar refractivity (Wildman–Crippen MR) is 84.6 cm³/mol. The second kappa shape index (κ2) is 7.30. The van der Waals surface area contributed by atoms with Gasteiger partial charge in [0, 0.05) is 17.5 Å². The van der Waals surface area contributed by atoms with Crippen LogP contribution in [0, 0.1) is 0 Å². The second-order valence-electron chi connectivity index (χ2n) is 5.32. The molecular formula is C15H20Cl2N2O. The van der Waals surface area contributed by atoms with Crippen molar-refractivity contribution in [3.8, 4) is 0 Å². The number of nitrogens with zero attached hydrogens (tertiary/aromatic N) is 1. The van der Waals surface area contributed by atoms with E-state index in [4.69, 9.17) is 23.2 Å². The molecular weight excluding hydrogens is 295 g/mol. The summed E-state index contributed by atoms with van der Waals surface area (Å²) < 4.78 is 0. The van der Waals surface area contributed by atoms with E-state index < -0.39 is 0 Å². The number of nitrogens with one attached hydrogen (secondary N) is 1. The van der Waals surface area contributed by atoms with E-state index in [0.717, 1.165) is 13.1 Å². The summed E-state index contributed by atoms with van der Waals surface area (Å²) in [7, 11) is 0. The number of carbonyl (C=O) groups is 1. The van der Waals surface area contributed by atoms with Crippen molar-refractivity contribution in [1.29, 1.82) is 0 Å². The number of carbonyl (C=O) groups excluding carboxylic acids is 1. The molecule has 1 aromatic carbocycles. The highest BCUT2D eigenvalue weighted by Crippen LogP contribution is 2.25. The minimum atomic E-state index is -0.00713. The largest absolute Gasteiger partial charge is 0.325 e. The molecule has 0 saturated carbocycles. The summed E-state index contributed by atoms with van der Waals surface area (Å²) in [5, 5.41) is 3.88. The number of halogens is 2. The summed E-state index contributed by atoms with van der Waals surface area (Å²) in [6.45, 7) is 4.29. The van der Waals surface area contributed by atoms with E-state index in [2.05, 4.69) is 17.1 Å². The topological polar surface area (TPSA) is 32.3 Å². The van der Waals surface area contributed by atoms with Crippen LogP contribution in [0.1, 0.15) is 32.6 Å². The fraction of sp³-hybridized carbons (Fsp3) is 0.533. The Hall–Kier alpha value is -0.770. The molecule has 0 spiro atoms. The van der Waals surface area contributed by atoms with Crippen molar-refractivity contribution in [1.82, 2.24) is 4.90 Å². The van der Waals surface area contributed by atoms with Gasteiger partial charge >= 0.3 is 0 Å². The predicted octanol–water partition coefficient (Wildman–Crippen LogP) is 4.20. The van der Waals surface area contributed by atoms with E-state index in [-0.39, 0.29) is 11.9 Å². The molecule has 20 heavy (non-hydrogen) atoms. The van der Waals surface area contributed by atoms with E-state index in [1.54, 1.807) is 18.2 Å². The third kappa shape index (κ3) is 4.37. The van der Waals surface area contributed by atoms with Crippen LogP contribution in [0.4, 0.5) is 5.69 Å². The zero-order valence-corrected chi connectivity index (χ0v) is 13.2. The molecule has 110 valence electrons. The molecule has 1 unspecified atom stereocenters. The maximum atomic E-state index is 12.1. The lowest BCUT2D eigenvalue weighted by atomic mass is 10.1. The van der Waals surface area contributed by atoms with Gasteiger partial charge in [-0.3, -0.25) is 4.79 Å². The lowest BCUT2D eigenvalue weighted by Gasteiger charge is -2.32. The van der Waals surface area contributed by atoms with E-state index in [1.807, 2.05) is 0 Å². The van der Waals surface area contributed by atoms with Gasteiger partial charge in [0.25, 0.3) is 0 Å². The quantitative estimate of drug-likeness (QED) is 0.903. The number of hydrogen-bond acceptors (Lipinski definition) is 2. The first-order chi connectivity index (χ1) is 9.56. The molecule has 1 heterocycles. The van der Waals surface area contributed by atoms with Gasteiger partial charge in [-0.15, -0.1) is 0 Å². The lowest BCUT2D eigenvalue weighted by Crippen LogP contribution is -2.39. The Morgan fingerprint density at radius 3 is 2.65 bits per heavy atom. The Morgan fingerprint density at radius 1 is 1.30 bits per heavy atom. The Labute approximate surface area is 130 Å². The highest BCUT2D eigenvalue weighted by molar-refractivity contribution is 6.36. The van der Waals surface area contributed by atoms with Gasteiger partial charge in [0.2, 0.25) is 5.91 Å². The maximum Gasteiger partial charge on any atom is 0.225 e. The standard InChI is InChI=1S/C15H20Cl2N2O/c1-11(19-7-3-2-4-8-19)9-15(20)18-14-6-5-12(16)10-13(14)17/h5-6,10-11H,2-4,7-9H2,1H3,(H,18,20). The number of piperidine rings is 1. The number of rotatable bonds is 4. The molecule has 1 aliphatic rings. The van der Waals surface area contributed by atoms with E-state index in [1.165, 1.54) is 19.3 Å². The first kappa shape index (κ1) is 15.6. The SMILES string of the molecule is CC(CC(=O)Nc1ccc(Cl)cc1Cl)N1CCCCC1. The highest BCUT2D eigenvalue weighted by atomic mass is 35.5. The van der Waals surface area contributed by atoms with Gasteiger partial charge in [-0.05, 0) is 51.1 Å². The van der Waals surface area contributed by atoms with Crippen molar-refractivity contribution in [2.24, 2.45) is 0 Å². The molecule has 3 nitrogen and oxygen atoms in total. The van der Waals surface area contributed by atoms with Crippen LogP contribution in [-0.4, -0.2) is 29.9 Å². The molecule has 1 atom stereocenters.